The van der Waals surface area contributed by atoms with Gasteiger partial charge in [0, 0.05) is 5.41 Å². The summed E-state index contributed by atoms with van der Waals surface area (Å²) in [7, 11) is 0. The average molecular weight is 334 g/mol. The van der Waals surface area contributed by atoms with Crippen molar-refractivity contribution in [1.29, 1.82) is 0 Å². The van der Waals surface area contributed by atoms with Crippen molar-refractivity contribution in [1.82, 2.24) is 0 Å². The van der Waals surface area contributed by atoms with Crippen LogP contribution in [0.2, 0.25) is 0 Å². The Kier molecular flexibility index (Phi) is 3.21. The first kappa shape index (κ1) is 16.6. The molecule has 7 atom stereocenters. The fourth-order valence-corrected chi connectivity index (χ4v) is 7.62. The molecule has 4 aliphatic rings. The molecule has 0 unspecified atom stereocenters. The first-order chi connectivity index (χ1) is 11.1. The molecule has 4 nitrogen and oxygen atoms in total. The molecule has 134 valence electrons. The zero-order valence-electron chi connectivity index (χ0n) is 14.8. The molecule has 0 aromatic carbocycles. The molecule has 0 radical (unpaired) electrons. The Morgan fingerprint density at radius 3 is 2.46 bits per heavy atom. The first-order valence-corrected chi connectivity index (χ1v) is 9.43. The number of carboxylic acid groups (broad SMARTS) is 1. The van der Waals surface area contributed by atoms with E-state index >= 15 is 0 Å². The fourth-order valence-electron chi connectivity index (χ4n) is 7.62. The van der Waals surface area contributed by atoms with Crippen LogP contribution in [0.15, 0.2) is 12.2 Å². The second-order valence-electron chi connectivity index (χ2n) is 9.63. The van der Waals surface area contributed by atoms with Crippen LogP contribution in [-0.4, -0.2) is 33.0 Å². The average Bonchev–Trinajstić information content (AvgIpc) is 2.64. The maximum absolute atomic E-state index is 12.1. The van der Waals surface area contributed by atoms with Crippen LogP contribution in [-0.2, 0) is 4.79 Å². The van der Waals surface area contributed by atoms with E-state index in [2.05, 4.69) is 13.5 Å². The number of aliphatic carboxylic acids is 1. The summed E-state index contributed by atoms with van der Waals surface area (Å²) < 4.78 is 0. The Balaban J connectivity index is 1.79. The molecule has 3 N–H and O–H groups in total. The maximum Gasteiger partial charge on any atom is 0.309 e. The predicted molar refractivity (Wildman–Crippen MR) is 90.3 cm³/mol. The van der Waals surface area contributed by atoms with Crippen molar-refractivity contribution in [2.24, 2.45) is 28.1 Å². The lowest BCUT2D eigenvalue weighted by Gasteiger charge is -2.64. The number of rotatable bonds is 1. The summed E-state index contributed by atoms with van der Waals surface area (Å²) >= 11 is 0. The van der Waals surface area contributed by atoms with Crippen LogP contribution >= 0.6 is 0 Å². The van der Waals surface area contributed by atoms with Crippen molar-refractivity contribution < 1.29 is 20.1 Å². The van der Waals surface area contributed by atoms with Crippen molar-refractivity contribution in [3.05, 3.63) is 12.2 Å². The second kappa shape index (κ2) is 4.64. The monoisotopic (exact) mass is 334 g/mol. The molecule has 4 rings (SSSR count). The summed E-state index contributed by atoms with van der Waals surface area (Å²) in [6, 6.07) is 0. The lowest BCUT2D eigenvalue weighted by atomic mass is 9.40. The van der Waals surface area contributed by atoms with E-state index in [0.717, 1.165) is 38.5 Å². The van der Waals surface area contributed by atoms with Crippen LogP contribution < -0.4 is 0 Å². The van der Waals surface area contributed by atoms with Gasteiger partial charge >= 0.3 is 5.97 Å². The Hall–Kier alpha value is -0.870. The molecule has 4 fully saturated rings. The third-order valence-electron chi connectivity index (χ3n) is 8.79. The quantitative estimate of drug-likeness (QED) is 0.644. The van der Waals surface area contributed by atoms with Crippen molar-refractivity contribution in [2.45, 2.75) is 76.9 Å². The zero-order valence-corrected chi connectivity index (χ0v) is 14.8. The van der Waals surface area contributed by atoms with Crippen molar-refractivity contribution in [2.75, 3.05) is 0 Å². The van der Waals surface area contributed by atoms with E-state index in [-0.39, 0.29) is 22.7 Å². The van der Waals surface area contributed by atoms with E-state index < -0.39 is 23.1 Å². The standard InChI is InChI=1S/C20H30O4/c1-12-15(21)19-9-5-13-17(2,7-4-8-18(13,3)16(22)23)14(19)6-10-20(12,24)11-19/h13-15,21,24H,1,4-11H2,2-3H3,(H,22,23)/t13-,14+,15+,17-,18-,19-,20+/m1/s1. The van der Waals surface area contributed by atoms with E-state index in [9.17, 15) is 20.1 Å². The van der Waals surface area contributed by atoms with E-state index in [1.165, 1.54) is 0 Å². The number of aliphatic hydroxyl groups excluding tert-OH is 1. The summed E-state index contributed by atoms with van der Waals surface area (Å²) in [5.41, 5.74) is -1.35. The van der Waals surface area contributed by atoms with Crippen LogP contribution in [0.25, 0.3) is 0 Å². The molecule has 1 spiro atoms. The van der Waals surface area contributed by atoms with Gasteiger partial charge in [0.05, 0.1) is 17.1 Å². The normalized spacial score (nSPS) is 56.5. The topological polar surface area (TPSA) is 77.8 Å². The Morgan fingerprint density at radius 2 is 1.79 bits per heavy atom. The molecule has 24 heavy (non-hydrogen) atoms. The number of carbonyl (C=O) groups is 1. The highest BCUT2D eigenvalue weighted by Crippen LogP contribution is 2.72. The minimum Gasteiger partial charge on any atom is -0.481 e. The lowest BCUT2D eigenvalue weighted by Crippen LogP contribution is -2.60. The first-order valence-electron chi connectivity index (χ1n) is 9.43. The predicted octanol–water partition coefficient (Wildman–Crippen LogP) is 3.13. The maximum atomic E-state index is 12.1. The molecule has 2 bridgehead atoms. The van der Waals surface area contributed by atoms with Crippen molar-refractivity contribution in [3.63, 3.8) is 0 Å². The van der Waals surface area contributed by atoms with Crippen LogP contribution in [0.1, 0.15) is 65.2 Å². The summed E-state index contributed by atoms with van der Waals surface area (Å²) in [6.45, 7) is 8.22. The molecule has 0 aromatic heterocycles. The summed E-state index contributed by atoms with van der Waals surface area (Å²) in [5.74, 6) is -0.241. The van der Waals surface area contributed by atoms with E-state index in [1.54, 1.807) is 0 Å². The Bertz CT molecular complexity index is 615. The van der Waals surface area contributed by atoms with Gasteiger partial charge in [0.2, 0.25) is 0 Å². The van der Waals surface area contributed by atoms with Gasteiger partial charge in [-0.1, -0.05) is 19.9 Å². The second-order valence-corrected chi connectivity index (χ2v) is 9.63. The highest BCUT2D eigenvalue weighted by atomic mass is 16.4. The molecule has 0 aromatic rings. The molecule has 4 aliphatic carbocycles. The largest absolute Gasteiger partial charge is 0.481 e. The van der Waals surface area contributed by atoms with Gasteiger partial charge in [0.25, 0.3) is 0 Å². The van der Waals surface area contributed by atoms with Gasteiger partial charge in [0.1, 0.15) is 0 Å². The molecular weight excluding hydrogens is 304 g/mol. The number of fused-ring (bicyclic) bond motifs is 3. The molecule has 4 saturated carbocycles. The van der Waals surface area contributed by atoms with Gasteiger partial charge < -0.3 is 15.3 Å². The molecule has 0 amide bonds. The Labute approximate surface area is 144 Å². The fraction of sp³-hybridized carbons (Fsp3) is 0.850. The molecule has 0 aliphatic heterocycles. The van der Waals surface area contributed by atoms with Crippen molar-refractivity contribution >= 4 is 5.97 Å². The third kappa shape index (κ3) is 1.69. The molecule has 4 heteroatoms. The minimum absolute atomic E-state index is 0.0728. The number of hydrogen-bond acceptors (Lipinski definition) is 3. The molecule has 0 heterocycles. The van der Waals surface area contributed by atoms with Gasteiger partial charge in [-0.05, 0) is 74.7 Å². The van der Waals surface area contributed by atoms with E-state index in [0.29, 0.717) is 18.4 Å². The highest BCUT2D eigenvalue weighted by Gasteiger charge is 2.70. The van der Waals surface area contributed by atoms with Gasteiger partial charge in [0.15, 0.2) is 0 Å². The SMILES string of the molecule is C=C1[C@H](O)[C@@]23CC[C@@H]4[C@@](C)(CCC[C@@]4(C)C(=O)O)[C@@H]2CC[C@]1(O)C3. The van der Waals surface area contributed by atoms with Crippen LogP contribution in [0, 0.1) is 28.1 Å². The van der Waals surface area contributed by atoms with Crippen LogP contribution in [0.4, 0.5) is 0 Å². The Morgan fingerprint density at radius 1 is 1.12 bits per heavy atom. The van der Waals surface area contributed by atoms with E-state index in [1.807, 2.05) is 6.92 Å². The number of aliphatic hydroxyl groups is 2. The van der Waals surface area contributed by atoms with Crippen LogP contribution in [0.5, 0.6) is 0 Å². The van der Waals surface area contributed by atoms with Crippen molar-refractivity contribution in [3.8, 4) is 0 Å². The third-order valence-corrected chi connectivity index (χ3v) is 8.79. The van der Waals surface area contributed by atoms with Gasteiger partial charge in [-0.15, -0.1) is 0 Å². The van der Waals surface area contributed by atoms with Gasteiger partial charge in [-0.3, -0.25) is 4.79 Å². The summed E-state index contributed by atoms with van der Waals surface area (Å²) in [6.07, 6.45) is 5.84. The van der Waals surface area contributed by atoms with Crippen LogP contribution in [0.3, 0.4) is 0 Å². The zero-order chi connectivity index (χ0) is 17.5. The number of carboxylic acids is 1. The summed E-state index contributed by atoms with van der Waals surface area (Å²) in [4.78, 5) is 12.1. The molecular formula is C20H30O4. The van der Waals surface area contributed by atoms with E-state index in [4.69, 9.17) is 0 Å². The molecule has 0 saturated heterocycles. The number of hydrogen-bond donors (Lipinski definition) is 3. The van der Waals surface area contributed by atoms with Gasteiger partial charge in [-0.25, -0.2) is 0 Å². The highest BCUT2D eigenvalue weighted by molar-refractivity contribution is 5.75. The van der Waals surface area contributed by atoms with Gasteiger partial charge in [-0.2, -0.15) is 0 Å². The minimum atomic E-state index is -0.913. The summed E-state index contributed by atoms with van der Waals surface area (Å²) in [5, 5.41) is 31.8. The smallest absolute Gasteiger partial charge is 0.309 e. The lowest BCUT2D eigenvalue weighted by molar-refractivity contribution is -0.195.